The van der Waals surface area contributed by atoms with Gasteiger partial charge in [0.25, 0.3) is 0 Å². The number of carbonyl (C=O) groups is 3. The van der Waals surface area contributed by atoms with Gasteiger partial charge in [0, 0.05) is 49.7 Å². The SMILES string of the molecule is CCOC(=O)CN1CC(=O)Nc2ncc(C=CC(=O)N(C)Cc3cc4ccccc4n3C)cc2C1. The van der Waals surface area contributed by atoms with Gasteiger partial charge in [0.05, 0.1) is 26.2 Å². The predicted octanol–water partition coefficient (Wildman–Crippen LogP) is 2.56. The molecule has 0 spiro atoms. The van der Waals surface area contributed by atoms with Crippen LogP contribution in [0.4, 0.5) is 5.82 Å². The molecule has 1 N–H and O–H groups in total. The first kappa shape index (κ1) is 24.2. The average Bonchev–Trinajstić information content (AvgIpc) is 3.04. The number of ether oxygens (including phenoxy) is 1. The Morgan fingerprint density at radius 1 is 1.23 bits per heavy atom. The molecule has 0 bridgehead atoms. The Labute approximate surface area is 204 Å². The van der Waals surface area contributed by atoms with Crippen LogP contribution in [0.5, 0.6) is 0 Å². The highest BCUT2D eigenvalue weighted by Crippen LogP contribution is 2.21. The van der Waals surface area contributed by atoms with Gasteiger partial charge in [0.1, 0.15) is 5.82 Å². The summed E-state index contributed by atoms with van der Waals surface area (Å²) >= 11 is 0. The number of hydrogen-bond donors (Lipinski definition) is 1. The highest BCUT2D eigenvalue weighted by Gasteiger charge is 2.22. The summed E-state index contributed by atoms with van der Waals surface area (Å²) in [6.07, 6.45) is 4.82. The van der Waals surface area contributed by atoms with Crippen molar-refractivity contribution in [3.8, 4) is 0 Å². The second-order valence-corrected chi connectivity index (χ2v) is 8.56. The minimum Gasteiger partial charge on any atom is -0.465 e. The van der Waals surface area contributed by atoms with Crippen molar-refractivity contribution >= 4 is 40.6 Å². The van der Waals surface area contributed by atoms with Crippen LogP contribution in [0, 0.1) is 0 Å². The lowest BCUT2D eigenvalue weighted by atomic mass is 10.1. The number of carbonyl (C=O) groups excluding carboxylic acids is 3. The van der Waals surface area contributed by atoms with Gasteiger partial charge in [-0.05, 0) is 42.1 Å². The molecule has 0 radical (unpaired) electrons. The molecular weight excluding hydrogens is 446 g/mol. The Kier molecular flexibility index (Phi) is 7.26. The van der Waals surface area contributed by atoms with Crippen LogP contribution in [0.25, 0.3) is 17.0 Å². The largest absolute Gasteiger partial charge is 0.465 e. The molecule has 0 fully saturated rings. The molecule has 0 unspecified atom stereocenters. The molecule has 1 aromatic carbocycles. The lowest BCUT2D eigenvalue weighted by Gasteiger charge is -2.17. The summed E-state index contributed by atoms with van der Waals surface area (Å²) in [5, 5.41) is 3.91. The number of pyridine rings is 1. The number of nitrogens with zero attached hydrogens (tertiary/aromatic N) is 4. The van der Waals surface area contributed by atoms with E-state index in [9.17, 15) is 14.4 Å². The minimum atomic E-state index is -0.382. The Morgan fingerprint density at radius 2 is 2.03 bits per heavy atom. The second-order valence-electron chi connectivity index (χ2n) is 8.56. The highest BCUT2D eigenvalue weighted by atomic mass is 16.5. The summed E-state index contributed by atoms with van der Waals surface area (Å²) in [6.45, 7) is 2.94. The predicted molar refractivity (Wildman–Crippen MR) is 133 cm³/mol. The van der Waals surface area contributed by atoms with Crippen molar-refractivity contribution in [2.75, 3.05) is 32.1 Å². The zero-order valence-electron chi connectivity index (χ0n) is 20.2. The third-order valence-corrected chi connectivity index (χ3v) is 5.91. The normalized spacial score (nSPS) is 14.0. The summed E-state index contributed by atoms with van der Waals surface area (Å²) < 4.78 is 7.10. The first-order chi connectivity index (χ1) is 16.8. The van der Waals surface area contributed by atoms with Gasteiger partial charge in [-0.3, -0.25) is 19.3 Å². The van der Waals surface area contributed by atoms with Crippen molar-refractivity contribution < 1.29 is 19.1 Å². The number of esters is 1. The van der Waals surface area contributed by atoms with Gasteiger partial charge >= 0.3 is 5.97 Å². The van der Waals surface area contributed by atoms with E-state index in [1.807, 2.05) is 25.2 Å². The number of anilines is 1. The van der Waals surface area contributed by atoms with Gasteiger partial charge in [0.15, 0.2) is 0 Å². The zero-order chi connectivity index (χ0) is 24.9. The lowest BCUT2D eigenvalue weighted by molar-refractivity contribution is -0.144. The number of aromatic nitrogens is 2. The molecule has 9 nitrogen and oxygen atoms in total. The molecule has 182 valence electrons. The first-order valence-corrected chi connectivity index (χ1v) is 11.5. The molecule has 2 aromatic heterocycles. The molecule has 0 saturated carbocycles. The number of likely N-dealkylation sites (N-methyl/N-ethyl adjacent to an activating group) is 1. The zero-order valence-corrected chi connectivity index (χ0v) is 20.2. The van der Waals surface area contributed by atoms with E-state index in [4.69, 9.17) is 4.74 Å². The number of benzene rings is 1. The Bertz CT molecular complexity index is 1300. The van der Waals surface area contributed by atoms with Crippen LogP contribution in [0.1, 0.15) is 23.7 Å². The number of aryl methyl sites for hydroxylation is 1. The van der Waals surface area contributed by atoms with Gasteiger partial charge in [-0.25, -0.2) is 4.98 Å². The quantitative estimate of drug-likeness (QED) is 0.417. The maximum absolute atomic E-state index is 12.8. The van der Waals surface area contributed by atoms with Crippen LogP contribution in [0.15, 0.2) is 48.7 Å². The molecule has 3 heterocycles. The van der Waals surface area contributed by atoms with Gasteiger partial charge in [0.2, 0.25) is 11.8 Å². The van der Waals surface area contributed by atoms with Gasteiger partial charge in [-0.2, -0.15) is 0 Å². The Hall–Kier alpha value is -3.98. The topological polar surface area (TPSA) is 96.8 Å². The van der Waals surface area contributed by atoms with Crippen LogP contribution in [0.2, 0.25) is 0 Å². The van der Waals surface area contributed by atoms with Gasteiger partial charge in [-0.1, -0.05) is 18.2 Å². The van der Waals surface area contributed by atoms with Crippen LogP contribution in [-0.4, -0.2) is 63.9 Å². The molecular formula is C26H29N5O4. The van der Waals surface area contributed by atoms with E-state index < -0.39 is 0 Å². The fourth-order valence-electron chi connectivity index (χ4n) is 4.14. The second kappa shape index (κ2) is 10.5. The van der Waals surface area contributed by atoms with Gasteiger partial charge < -0.3 is 19.5 Å². The Morgan fingerprint density at radius 3 is 2.80 bits per heavy atom. The summed E-state index contributed by atoms with van der Waals surface area (Å²) in [5.41, 5.74) is 3.65. The molecule has 0 aliphatic carbocycles. The summed E-state index contributed by atoms with van der Waals surface area (Å²) in [6, 6.07) is 12.1. The monoisotopic (exact) mass is 475 g/mol. The highest BCUT2D eigenvalue weighted by molar-refractivity contribution is 5.94. The number of nitrogens with one attached hydrogen (secondary N) is 1. The maximum atomic E-state index is 12.8. The van der Waals surface area contributed by atoms with Crippen molar-refractivity contribution in [3.63, 3.8) is 0 Å². The van der Waals surface area contributed by atoms with Crippen LogP contribution < -0.4 is 5.32 Å². The standard InChI is InChI=1S/C26H29N5O4/c1-4-35-25(34)17-31-14-20-11-18(13-27-26(20)28-23(32)16-31)9-10-24(33)29(2)15-21-12-19-7-5-6-8-22(19)30(21)3/h5-13H,4,14-17H2,1-3H3,(H,27,28,32). The van der Waals surface area contributed by atoms with Crippen molar-refractivity contribution in [3.05, 3.63) is 65.5 Å². The smallest absolute Gasteiger partial charge is 0.320 e. The van der Waals surface area contributed by atoms with E-state index in [1.54, 1.807) is 36.0 Å². The molecule has 0 atom stereocenters. The lowest BCUT2D eigenvalue weighted by Crippen LogP contribution is -2.35. The van der Waals surface area contributed by atoms with E-state index in [2.05, 4.69) is 33.1 Å². The van der Waals surface area contributed by atoms with Crippen molar-refractivity contribution in [2.24, 2.45) is 7.05 Å². The summed E-state index contributed by atoms with van der Waals surface area (Å²) in [5.74, 6) is -0.304. The van der Waals surface area contributed by atoms with Gasteiger partial charge in [-0.15, -0.1) is 0 Å². The van der Waals surface area contributed by atoms with E-state index in [0.29, 0.717) is 18.9 Å². The van der Waals surface area contributed by atoms with E-state index >= 15 is 0 Å². The third kappa shape index (κ3) is 5.75. The number of hydrogen-bond acceptors (Lipinski definition) is 6. The molecule has 1 aliphatic rings. The molecule has 2 amide bonds. The fraction of sp³-hybridized carbons (Fsp3) is 0.308. The van der Waals surface area contributed by atoms with Crippen LogP contribution in [-0.2, 0) is 39.3 Å². The van der Waals surface area contributed by atoms with Crippen molar-refractivity contribution in [1.82, 2.24) is 19.4 Å². The van der Waals surface area contributed by atoms with E-state index in [0.717, 1.165) is 27.7 Å². The van der Waals surface area contributed by atoms with E-state index in [1.165, 1.54) is 6.08 Å². The molecule has 9 heteroatoms. The first-order valence-electron chi connectivity index (χ1n) is 11.5. The Balaban J connectivity index is 1.44. The molecule has 1 aliphatic heterocycles. The average molecular weight is 476 g/mol. The number of fused-ring (bicyclic) bond motifs is 2. The van der Waals surface area contributed by atoms with Crippen molar-refractivity contribution in [1.29, 1.82) is 0 Å². The third-order valence-electron chi connectivity index (χ3n) is 5.91. The minimum absolute atomic E-state index is 0.0121. The molecule has 35 heavy (non-hydrogen) atoms. The van der Waals surface area contributed by atoms with E-state index in [-0.39, 0.29) is 37.5 Å². The molecule has 0 saturated heterocycles. The fourth-order valence-corrected chi connectivity index (χ4v) is 4.14. The molecule has 4 rings (SSSR count). The van der Waals surface area contributed by atoms with Crippen LogP contribution >= 0.6 is 0 Å². The number of rotatable bonds is 7. The number of amides is 2. The summed E-state index contributed by atoms with van der Waals surface area (Å²) in [4.78, 5) is 44.6. The van der Waals surface area contributed by atoms with Crippen LogP contribution in [0.3, 0.4) is 0 Å². The number of para-hydroxylation sites is 1. The summed E-state index contributed by atoms with van der Waals surface area (Å²) in [7, 11) is 3.76. The molecule has 3 aromatic rings. The van der Waals surface area contributed by atoms with Crippen molar-refractivity contribution in [2.45, 2.75) is 20.0 Å². The maximum Gasteiger partial charge on any atom is 0.320 e.